The molecule has 0 N–H and O–H groups in total. The number of rotatable bonds is 6. The number of carbonyl (C=O) groups excluding carboxylic acids is 1. The SMILES string of the molecule is CCN=C1S/C(=C\c2cc(I)c(OCc3ccc4c(c3)OCO4)c(I)c2)C(=O)N1CC. The first-order valence-corrected chi connectivity index (χ1v) is 12.7. The van der Waals surface area contributed by atoms with Gasteiger partial charge in [-0.2, -0.15) is 0 Å². The highest BCUT2D eigenvalue weighted by Gasteiger charge is 2.31. The molecule has 2 aromatic rings. The van der Waals surface area contributed by atoms with Crippen molar-refractivity contribution in [2.24, 2.45) is 4.99 Å². The highest BCUT2D eigenvalue weighted by molar-refractivity contribution is 14.1. The summed E-state index contributed by atoms with van der Waals surface area (Å²) in [6.45, 7) is 5.90. The van der Waals surface area contributed by atoms with Crippen LogP contribution in [0.15, 0.2) is 40.2 Å². The van der Waals surface area contributed by atoms with Crippen LogP contribution in [0.4, 0.5) is 0 Å². The number of carbonyl (C=O) groups is 1. The van der Waals surface area contributed by atoms with Crippen molar-refractivity contribution >= 4 is 74.1 Å². The standard InChI is InChI=1S/C22H20I2N2O4S/c1-3-25-22-26(4-2)21(27)19(31-22)10-14-7-15(23)20(16(24)8-14)28-11-13-5-6-17-18(9-13)30-12-29-17/h5-10H,3-4,11-12H2,1-2H3/b19-10-,25-22?. The van der Waals surface area contributed by atoms with Crippen molar-refractivity contribution in [3.8, 4) is 17.2 Å². The van der Waals surface area contributed by atoms with Crippen LogP contribution in [0.5, 0.6) is 17.2 Å². The summed E-state index contributed by atoms with van der Waals surface area (Å²) in [4.78, 5) is 19.6. The molecule has 0 saturated carbocycles. The van der Waals surface area contributed by atoms with Crippen molar-refractivity contribution in [1.29, 1.82) is 0 Å². The second-order valence-corrected chi connectivity index (χ2v) is 10.0. The quantitative estimate of drug-likeness (QED) is 0.302. The lowest BCUT2D eigenvalue weighted by Crippen LogP contribution is -2.28. The summed E-state index contributed by atoms with van der Waals surface area (Å²) in [7, 11) is 0. The molecule has 162 valence electrons. The first kappa shape index (κ1) is 22.7. The molecule has 1 amide bonds. The molecule has 6 nitrogen and oxygen atoms in total. The molecule has 0 unspecified atom stereocenters. The molecular weight excluding hydrogens is 642 g/mol. The summed E-state index contributed by atoms with van der Waals surface area (Å²) in [5.74, 6) is 2.35. The molecule has 0 spiro atoms. The normalized spacial score (nSPS) is 17.8. The third-order valence-corrected chi connectivity index (χ3v) is 7.28. The molecule has 0 bridgehead atoms. The number of ether oxygens (including phenoxy) is 3. The lowest BCUT2D eigenvalue weighted by molar-refractivity contribution is -0.122. The molecule has 1 saturated heterocycles. The van der Waals surface area contributed by atoms with Crippen LogP contribution >= 0.6 is 56.9 Å². The second kappa shape index (κ2) is 9.99. The Hall–Kier alpha value is -1.47. The number of hydrogen-bond acceptors (Lipinski definition) is 6. The van der Waals surface area contributed by atoms with Crippen LogP contribution in [0.3, 0.4) is 0 Å². The molecule has 9 heteroatoms. The maximum absolute atomic E-state index is 12.7. The minimum Gasteiger partial charge on any atom is -0.487 e. The fourth-order valence-electron chi connectivity index (χ4n) is 3.18. The molecule has 0 atom stereocenters. The zero-order valence-electron chi connectivity index (χ0n) is 17.0. The number of likely N-dealkylation sites (N-methyl/N-ethyl adjacent to an activating group) is 1. The molecule has 2 aliphatic rings. The minimum atomic E-state index is 0.00727. The van der Waals surface area contributed by atoms with Gasteiger partial charge in [-0.25, -0.2) is 0 Å². The molecule has 4 rings (SSSR count). The van der Waals surface area contributed by atoms with Crippen LogP contribution in [0, 0.1) is 7.14 Å². The van der Waals surface area contributed by atoms with Gasteiger partial charge in [0.15, 0.2) is 16.7 Å². The molecule has 31 heavy (non-hydrogen) atoms. The van der Waals surface area contributed by atoms with Crippen LogP contribution < -0.4 is 14.2 Å². The van der Waals surface area contributed by atoms with E-state index in [0.29, 0.717) is 24.6 Å². The maximum Gasteiger partial charge on any atom is 0.266 e. The highest BCUT2D eigenvalue weighted by atomic mass is 127. The minimum absolute atomic E-state index is 0.00727. The highest BCUT2D eigenvalue weighted by Crippen LogP contribution is 2.36. The summed E-state index contributed by atoms with van der Waals surface area (Å²) in [5, 5.41) is 0.773. The van der Waals surface area contributed by atoms with E-state index >= 15 is 0 Å². The third kappa shape index (κ3) is 4.98. The number of halogens is 2. The van der Waals surface area contributed by atoms with E-state index in [1.165, 1.54) is 11.8 Å². The van der Waals surface area contributed by atoms with E-state index in [1.54, 1.807) is 4.90 Å². The number of amides is 1. The Bertz CT molecular complexity index is 1060. The van der Waals surface area contributed by atoms with Crippen LogP contribution in [-0.4, -0.2) is 35.9 Å². The van der Waals surface area contributed by atoms with E-state index in [2.05, 4.69) is 50.2 Å². The Morgan fingerprint density at radius 3 is 2.61 bits per heavy atom. The first-order chi connectivity index (χ1) is 15.0. The van der Waals surface area contributed by atoms with E-state index in [0.717, 1.165) is 40.7 Å². The third-order valence-electron chi connectivity index (χ3n) is 4.64. The van der Waals surface area contributed by atoms with Gasteiger partial charge in [-0.1, -0.05) is 6.07 Å². The molecule has 0 radical (unpaired) electrons. The van der Waals surface area contributed by atoms with Gasteiger partial charge in [0.1, 0.15) is 12.4 Å². The lowest BCUT2D eigenvalue weighted by Gasteiger charge is -2.12. The predicted octanol–water partition coefficient (Wildman–Crippen LogP) is 5.52. The monoisotopic (exact) mass is 662 g/mol. The molecule has 0 aliphatic carbocycles. The van der Waals surface area contributed by atoms with E-state index < -0.39 is 0 Å². The maximum atomic E-state index is 12.7. The summed E-state index contributed by atoms with van der Waals surface area (Å²) < 4.78 is 18.9. The summed E-state index contributed by atoms with van der Waals surface area (Å²) >= 11 is 5.98. The van der Waals surface area contributed by atoms with Gasteiger partial charge in [0, 0.05) is 13.1 Å². The van der Waals surface area contributed by atoms with Crippen molar-refractivity contribution in [3.05, 3.63) is 53.5 Å². The molecule has 2 aliphatic heterocycles. The fourth-order valence-corrected chi connectivity index (χ4v) is 6.41. The summed E-state index contributed by atoms with van der Waals surface area (Å²) in [5.41, 5.74) is 1.98. The van der Waals surface area contributed by atoms with E-state index in [1.807, 2.05) is 50.3 Å². The number of nitrogens with zero attached hydrogens (tertiary/aromatic N) is 2. The average Bonchev–Trinajstić information content (AvgIpc) is 3.31. The zero-order valence-corrected chi connectivity index (χ0v) is 22.1. The van der Waals surface area contributed by atoms with E-state index in [9.17, 15) is 4.79 Å². The molecular formula is C22H20I2N2O4S. The average molecular weight is 662 g/mol. The smallest absolute Gasteiger partial charge is 0.266 e. The van der Waals surface area contributed by atoms with Gasteiger partial charge < -0.3 is 14.2 Å². The van der Waals surface area contributed by atoms with Gasteiger partial charge in [-0.15, -0.1) is 0 Å². The molecule has 1 fully saturated rings. The fraction of sp³-hybridized carbons (Fsp3) is 0.273. The molecule has 2 aromatic carbocycles. The van der Waals surface area contributed by atoms with Crippen molar-refractivity contribution in [1.82, 2.24) is 4.90 Å². The Balaban J connectivity index is 1.51. The largest absolute Gasteiger partial charge is 0.487 e. The molecule has 2 heterocycles. The lowest BCUT2D eigenvalue weighted by atomic mass is 10.2. The second-order valence-electron chi connectivity index (χ2n) is 6.71. The van der Waals surface area contributed by atoms with Crippen molar-refractivity contribution < 1.29 is 19.0 Å². The summed E-state index contributed by atoms with van der Waals surface area (Å²) in [6, 6.07) is 9.88. The van der Waals surface area contributed by atoms with E-state index in [-0.39, 0.29) is 12.7 Å². The Morgan fingerprint density at radius 2 is 1.90 bits per heavy atom. The van der Waals surface area contributed by atoms with Crippen molar-refractivity contribution in [2.45, 2.75) is 20.5 Å². The number of aliphatic imine (C=N–C) groups is 1. The predicted molar refractivity (Wildman–Crippen MR) is 140 cm³/mol. The van der Waals surface area contributed by atoms with E-state index in [4.69, 9.17) is 14.2 Å². The Morgan fingerprint density at radius 1 is 1.16 bits per heavy atom. The van der Waals surface area contributed by atoms with Crippen LogP contribution in [0.25, 0.3) is 6.08 Å². The van der Waals surface area contributed by atoms with Crippen LogP contribution in [0.1, 0.15) is 25.0 Å². The number of amidine groups is 1. The van der Waals surface area contributed by atoms with Crippen LogP contribution in [0.2, 0.25) is 0 Å². The summed E-state index contributed by atoms with van der Waals surface area (Å²) in [6.07, 6.45) is 1.93. The van der Waals surface area contributed by atoms with Crippen LogP contribution in [-0.2, 0) is 11.4 Å². The van der Waals surface area contributed by atoms with Gasteiger partial charge in [0.25, 0.3) is 5.91 Å². The van der Waals surface area contributed by atoms with Gasteiger partial charge in [-0.3, -0.25) is 14.7 Å². The Labute approximate surface area is 212 Å². The van der Waals surface area contributed by atoms with Crippen molar-refractivity contribution in [2.75, 3.05) is 19.9 Å². The van der Waals surface area contributed by atoms with Gasteiger partial charge >= 0.3 is 0 Å². The van der Waals surface area contributed by atoms with Gasteiger partial charge in [0.2, 0.25) is 6.79 Å². The topological polar surface area (TPSA) is 60.4 Å². The number of fused-ring (bicyclic) bond motifs is 1. The number of benzene rings is 2. The molecule has 0 aromatic heterocycles. The Kier molecular flexibility index (Phi) is 7.32. The van der Waals surface area contributed by atoms with Gasteiger partial charge in [0.05, 0.1) is 12.0 Å². The van der Waals surface area contributed by atoms with Gasteiger partial charge in [-0.05, 0) is 112 Å². The number of thioether (sulfide) groups is 1. The van der Waals surface area contributed by atoms with Crippen molar-refractivity contribution in [3.63, 3.8) is 0 Å². The zero-order chi connectivity index (χ0) is 22.0. The first-order valence-electron chi connectivity index (χ1n) is 9.76. The number of hydrogen-bond donors (Lipinski definition) is 0.